The molecule has 1 aromatic heterocycles. The monoisotopic (exact) mass is 278 g/mol. The van der Waals surface area contributed by atoms with E-state index in [2.05, 4.69) is 14.7 Å². The molecule has 3 heterocycles. The summed E-state index contributed by atoms with van der Waals surface area (Å²) in [6.07, 6.45) is -1.23. The Labute approximate surface area is 106 Å². The quantitative estimate of drug-likeness (QED) is 0.851. The smallest absolute Gasteiger partial charge is 0.345 e. The number of rotatable bonds is 1. The van der Waals surface area contributed by atoms with Crippen LogP contribution in [-0.4, -0.2) is 34.5 Å². The van der Waals surface area contributed by atoms with Gasteiger partial charge in [0.1, 0.15) is 0 Å². The highest BCUT2D eigenvalue weighted by atomic mass is 32.1. The van der Waals surface area contributed by atoms with E-state index in [1.54, 1.807) is 0 Å². The maximum atomic E-state index is 12.4. The minimum absolute atomic E-state index is 0.371. The summed E-state index contributed by atoms with van der Waals surface area (Å²) in [5.41, 5.74) is 0. The molecule has 2 aliphatic heterocycles. The lowest BCUT2D eigenvalue weighted by Crippen LogP contribution is -2.35. The third kappa shape index (κ3) is 2.31. The second-order valence-electron chi connectivity index (χ2n) is 4.77. The van der Waals surface area contributed by atoms with Crippen molar-refractivity contribution in [1.82, 2.24) is 14.7 Å². The van der Waals surface area contributed by atoms with E-state index in [-0.39, 0.29) is 0 Å². The first-order valence-electron chi connectivity index (χ1n) is 5.94. The molecule has 1 aromatic rings. The molecule has 100 valence electrons. The van der Waals surface area contributed by atoms with Crippen LogP contribution >= 0.6 is 11.5 Å². The number of fused-ring (bicyclic) bond motifs is 2. The van der Waals surface area contributed by atoms with Crippen LogP contribution in [0.1, 0.15) is 25.1 Å². The lowest BCUT2D eigenvalue weighted by molar-refractivity contribution is -0.144. The summed E-state index contributed by atoms with van der Waals surface area (Å²) in [4.78, 5) is 5.53. The lowest BCUT2D eigenvalue weighted by atomic mass is 10.1. The van der Waals surface area contributed by atoms with E-state index in [4.69, 9.17) is 0 Å². The Bertz CT molecular complexity index is 433. The second-order valence-corrected chi connectivity index (χ2v) is 5.50. The van der Waals surface area contributed by atoms with Gasteiger partial charge in [0.2, 0.25) is 11.0 Å². The van der Waals surface area contributed by atoms with Crippen LogP contribution in [0.15, 0.2) is 0 Å². The van der Waals surface area contributed by atoms with E-state index in [1.165, 1.54) is 6.42 Å². The first-order chi connectivity index (χ1) is 8.52. The van der Waals surface area contributed by atoms with Crippen molar-refractivity contribution in [2.75, 3.05) is 18.0 Å². The molecule has 2 atom stereocenters. The number of hydrogen-bond acceptors (Lipinski definition) is 5. The second kappa shape index (κ2) is 4.34. The normalized spacial score (nSPS) is 28.5. The first-order valence-corrected chi connectivity index (χ1v) is 6.71. The molecule has 0 aromatic carbocycles. The Morgan fingerprint density at radius 2 is 2.00 bits per heavy atom. The molecular formula is C10H13F3N4S. The number of alkyl halides is 3. The van der Waals surface area contributed by atoms with Gasteiger partial charge in [-0.2, -0.15) is 22.5 Å². The van der Waals surface area contributed by atoms with Gasteiger partial charge in [0.05, 0.1) is 0 Å². The third-order valence-electron chi connectivity index (χ3n) is 3.46. The highest BCUT2D eigenvalue weighted by Crippen LogP contribution is 2.31. The molecule has 2 saturated heterocycles. The number of nitrogens with one attached hydrogen (secondary N) is 1. The zero-order valence-corrected chi connectivity index (χ0v) is 10.4. The van der Waals surface area contributed by atoms with Gasteiger partial charge in [-0.05, 0) is 19.3 Å². The molecule has 0 radical (unpaired) electrons. The maximum absolute atomic E-state index is 12.4. The SMILES string of the molecule is FC(F)(F)c1nsc(N2CCC3CCC(C2)N3)n1. The van der Waals surface area contributed by atoms with Gasteiger partial charge in [-0.15, -0.1) is 0 Å². The van der Waals surface area contributed by atoms with E-state index in [9.17, 15) is 13.2 Å². The van der Waals surface area contributed by atoms with E-state index < -0.39 is 12.0 Å². The van der Waals surface area contributed by atoms with Crippen molar-refractivity contribution in [3.8, 4) is 0 Å². The van der Waals surface area contributed by atoms with Crippen LogP contribution in [0.4, 0.5) is 18.3 Å². The Morgan fingerprint density at radius 3 is 2.72 bits per heavy atom. The predicted octanol–water partition coefficient (Wildman–Crippen LogP) is 1.89. The topological polar surface area (TPSA) is 41.1 Å². The molecule has 1 N–H and O–H groups in total. The summed E-state index contributed by atoms with van der Waals surface area (Å²) in [5, 5.41) is 3.87. The van der Waals surface area contributed by atoms with Crippen LogP contribution in [0.5, 0.6) is 0 Å². The molecule has 2 unspecified atom stereocenters. The van der Waals surface area contributed by atoms with E-state index in [0.29, 0.717) is 17.2 Å². The largest absolute Gasteiger partial charge is 0.452 e. The van der Waals surface area contributed by atoms with Gasteiger partial charge < -0.3 is 10.2 Å². The number of anilines is 1. The van der Waals surface area contributed by atoms with Crippen LogP contribution in [0.25, 0.3) is 0 Å². The van der Waals surface area contributed by atoms with Crippen molar-refractivity contribution in [2.45, 2.75) is 37.5 Å². The summed E-state index contributed by atoms with van der Waals surface area (Å²) in [6.45, 7) is 1.48. The third-order valence-corrected chi connectivity index (χ3v) is 4.24. The molecule has 0 saturated carbocycles. The average molecular weight is 278 g/mol. The minimum atomic E-state index is -4.45. The molecule has 0 aliphatic carbocycles. The van der Waals surface area contributed by atoms with Gasteiger partial charge in [0.25, 0.3) is 0 Å². The number of nitrogens with zero attached hydrogens (tertiary/aromatic N) is 3. The molecule has 2 bridgehead atoms. The number of aromatic nitrogens is 2. The Balaban J connectivity index is 1.76. The molecule has 0 spiro atoms. The summed E-state index contributed by atoms with van der Waals surface area (Å²) < 4.78 is 40.7. The van der Waals surface area contributed by atoms with Crippen molar-refractivity contribution in [1.29, 1.82) is 0 Å². The number of halogens is 3. The predicted molar refractivity (Wildman–Crippen MR) is 61.7 cm³/mol. The highest BCUT2D eigenvalue weighted by molar-refractivity contribution is 7.09. The fraction of sp³-hybridized carbons (Fsp3) is 0.800. The van der Waals surface area contributed by atoms with Crippen molar-refractivity contribution < 1.29 is 13.2 Å². The zero-order valence-electron chi connectivity index (χ0n) is 9.57. The Morgan fingerprint density at radius 1 is 1.22 bits per heavy atom. The van der Waals surface area contributed by atoms with Crippen molar-refractivity contribution in [3.05, 3.63) is 5.82 Å². The fourth-order valence-electron chi connectivity index (χ4n) is 2.58. The minimum Gasteiger partial charge on any atom is -0.345 e. The zero-order chi connectivity index (χ0) is 12.8. The van der Waals surface area contributed by atoms with Gasteiger partial charge in [-0.25, -0.2) is 0 Å². The van der Waals surface area contributed by atoms with E-state index in [1.807, 2.05) is 4.90 Å². The Hall–Kier alpha value is -0.890. The van der Waals surface area contributed by atoms with Crippen molar-refractivity contribution in [2.24, 2.45) is 0 Å². The highest BCUT2D eigenvalue weighted by Gasteiger charge is 2.37. The molecule has 18 heavy (non-hydrogen) atoms. The average Bonchev–Trinajstić information content (AvgIpc) is 2.85. The van der Waals surface area contributed by atoms with Crippen molar-refractivity contribution >= 4 is 16.7 Å². The molecule has 4 nitrogen and oxygen atoms in total. The summed E-state index contributed by atoms with van der Waals surface area (Å²) in [6, 6.07) is 0.880. The number of hydrogen-bond donors (Lipinski definition) is 1. The van der Waals surface area contributed by atoms with E-state index >= 15 is 0 Å². The summed E-state index contributed by atoms with van der Waals surface area (Å²) >= 11 is 0.837. The van der Waals surface area contributed by atoms with E-state index in [0.717, 1.165) is 37.5 Å². The molecule has 2 fully saturated rings. The van der Waals surface area contributed by atoms with Gasteiger partial charge in [0, 0.05) is 36.7 Å². The lowest BCUT2D eigenvalue weighted by Gasteiger charge is -2.22. The summed E-state index contributed by atoms with van der Waals surface area (Å²) in [7, 11) is 0. The van der Waals surface area contributed by atoms with Crippen LogP contribution in [0.2, 0.25) is 0 Å². The molecule has 0 amide bonds. The van der Waals surface area contributed by atoms with Crippen LogP contribution in [-0.2, 0) is 6.18 Å². The Kier molecular flexibility index (Phi) is 2.93. The fourth-order valence-corrected chi connectivity index (χ4v) is 3.30. The van der Waals surface area contributed by atoms with Gasteiger partial charge >= 0.3 is 6.18 Å². The van der Waals surface area contributed by atoms with Crippen molar-refractivity contribution in [3.63, 3.8) is 0 Å². The molecule has 2 aliphatic rings. The van der Waals surface area contributed by atoms with Crippen LogP contribution in [0.3, 0.4) is 0 Å². The van der Waals surface area contributed by atoms with Gasteiger partial charge in [-0.3, -0.25) is 0 Å². The molecular weight excluding hydrogens is 265 g/mol. The van der Waals surface area contributed by atoms with Crippen LogP contribution < -0.4 is 10.2 Å². The molecule has 8 heteroatoms. The molecule has 3 rings (SSSR count). The first kappa shape index (κ1) is 12.2. The maximum Gasteiger partial charge on any atom is 0.452 e. The van der Waals surface area contributed by atoms with Gasteiger partial charge in [0.15, 0.2) is 0 Å². The summed E-state index contributed by atoms with van der Waals surface area (Å²) in [5.74, 6) is -1.02. The van der Waals surface area contributed by atoms with Gasteiger partial charge in [-0.1, -0.05) is 0 Å². The standard InChI is InChI=1S/C10H13F3N4S/c11-10(12,13)8-15-9(18-16-8)17-4-3-6-1-2-7(5-17)14-6/h6-7,14H,1-5H2. The van der Waals surface area contributed by atoms with Crippen LogP contribution in [0, 0.1) is 0 Å².